The van der Waals surface area contributed by atoms with Gasteiger partial charge in [0.05, 0.1) is 12.1 Å². The van der Waals surface area contributed by atoms with Crippen molar-refractivity contribution in [2.24, 2.45) is 0 Å². The molecule has 0 saturated heterocycles. The Hall–Kier alpha value is -3.06. The fraction of sp³-hybridized carbons (Fsp3) is 0.0556. The normalized spacial score (nSPS) is 10.9. The molecule has 4 aromatic rings. The van der Waals surface area contributed by atoms with E-state index in [1.165, 1.54) is 23.5 Å². The minimum atomic E-state index is -0.279. The second-order valence-corrected chi connectivity index (χ2v) is 6.31. The van der Waals surface area contributed by atoms with Crippen LogP contribution in [0.2, 0.25) is 0 Å². The van der Waals surface area contributed by atoms with E-state index in [-0.39, 0.29) is 18.1 Å². The molecule has 1 amide bonds. The molecular formula is C18H13FN4OS. The quantitative estimate of drug-likeness (QED) is 0.608. The van der Waals surface area contributed by atoms with Crippen LogP contribution in [0.15, 0.2) is 60.4 Å². The van der Waals surface area contributed by atoms with Crippen LogP contribution in [-0.2, 0) is 11.2 Å². The number of amides is 1. The Morgan fingerprint density at radius 1 is 1.16 bits per heavy atom. The van der Waals surface area contributed by atoms with Crippen molar-refractivity contribution in [2.45, 2.75) is 6.42 Å². The van der Waals surface area contributed by atoms with Crippen molar-refractivity contribution in [3.8, 4) is 11.3 Å². The summed E-state index contributed by atoms with van der Waals surface area (Å²) in [5.41, 5.74) is 3.16. The predicted molar refractivity (Wildman–Crippen MR) is 95.0 cm³/mol. The molecule has 3 heterocycles. The Bertz CT molecular complexity index is 1020. The second kappa shape index (κ2) is 6.45. The van der Waals surface area contributed by atoms with Gasteiger partial charge in [-0.1, -0.05) is 0 Å². The highest BCUT2D eigenvalue weighted by molar-refractivity contribution is 7.15. The predicted octanol–water partition coefficient (Wildman–Crippen LogP) is 3.78. The lowest BCUT2D eigenvalue weighted by Gasteiger charge is -2.04. The number of anilines is 1. The molecule has 0 saturated carbocycles. The van der Waals surface area contributed by atoms with Crippen LogP contribution in [0.4, 0.5) is 10.1 Å². The maximum atomic E-state index is 13.1. The molecule has 0 spiro atoms. The monoisotopic (exact) mass is 352 g/mol. The molecule has 0 unspecified atom stereocenters. The van der Waals surface area contributed by atoms with E-state index in [4.69, 9.17) is 0 Å². The number of carbonyl (C=O) groups is 1. The lowest BCUT2D eigenvalue weighted by molar-refractivity contribution is -0.115. The van der Waals surface area contributed by atoms with E-state index in [2.05, 4.69) is 15.3 Å². The minimum absolute atomic E-state index is 0.108. The molecule has 0 aliphatic rings. The fourth-order valence-electron chi connectivity index (χ4n) is 2.52. The molecule has 0 atom stereocenters. The third-order valence-corrected chi connectivity index (χ3v) is 4.62. The van der Waals surface area contributed by atoms with Gasteiger partial charge in [0, 0.05) is 40.9 Å². The summed E-state index contributed by atoms with van der Waals surface area (Å²) < 4.78 is 15.0. The van der Waals surface area contributed by atoms with Gasteiger partial charge < -0.3 is 5.32 Å². The van der Waals surface area contributed by atoms with Crippen molar-refractivity contribution < 1.29 is 9.18 Å². The Morgan fingerprint density at radius 3 is 2.68 bits per heavy atom. The summed E-state index contributed by atoms with van der Waals surface area (Å²) in [7, 11) is 0. The number of fused-ring (bicyclic) bond motifs is 1. The maximum Gasteiger partial charge on any atom is 0.230 e. The number of nitrogens with one attached hydrogen (secondary N) is 1. The average Bonchev–Trinajstić information content (AvgIpc) is 3.18. The van der Waals surface area contributed by atoms with Crippen LogP contribution in [0.3, 0.4) is 0 Å². The fourth-order valence-corrected chi connectivity index (χ4v) is 3.39. The van der Waals surface area contributed by atoms with Crippen LogP contribution < -0.4 is 5.32 Å². The molecular weight excluding hydrogens is 339 g/mol. The van der Waals surface area contributed by atoms with Gasteiger partial charge >= 0.3 is 0 Å². The highest BCUT2D eigenvalue weighted by Crippen LogP contribution is 2.24. The van der Waals surface area contributed by atoms with Crippen LogP contribution in [-0.4, -0.2) is 20.3 Å². The first-order chi connectivity index (χ1) is 12.2. The van der Waals surface area contributed by atoms with Crippen LogP contribution >= 0.6 is 11.3 Å². The topological polar surface area (TPSA) is 59.3 Å². The van der Waals surface area contributed by atoms with Gasteiger partial charge in [0.1, 0.15) is 5.82 Å². The van der Waals surface area contributed by atoms with E-state index in [1.807, 2.05) is 16.0 Å². The Balaban J connectivity index is 1.56. The molecule has 25 heavy (non-hydrogen) atoms. The van der Waals surface area contributed by atoms with Crippen molar-refractivity contribution in [1.29, 1.82) is 0 Å². The van der Waals surface area contributed by atoms with Crippen LogP contribution in [0.5, 0.6) is 0 Å². The second-order valence-electron chi connectivity index (χ2n) is 5.47. The van der Waals surface area contributed by atoms with E-state index in [9.17, 15) is 9.18 Å². The number of halogens is 1. The van der Waals surface area contributed by atoms with Crippen LogP contribution in [0.25, 0.3) is 16.2 Å². The molecule has 0 radical (unpaired) electrons. The SMILES string of the molecule is O=C(Cc1csc2nc(-c3ccc(F)cc3)cn12)Nc1ccncc1. The summed E-state index contributed by atoms with van der Waals surface area (Å²) in [5, 5.41) is 4.76. The van der Waals surface area contributed by atoms with Gasteiger partial charge in [-0.15, -0.1) is 11.3 Å². The summed E-state index contributed by atoms with van der Waals surface area (Å²) >= 11 is 1.47. The van der Waals surface area contributed by atoms with Gasteiger partial charge in [-0.2, -0.15) is 0 Å². The maximum absolute atomic E-state index is 13.1. The van der Waals surface area contributed by atoms with Crippen LogP contribution in [0.1, 0.15) is 5.69 Å². The van der Waals surface area contributed by atoms with E-state index >= 15 is 0 Å². The van der Waals surface area contributed by atoms with Crippen LogP contribution in [0, 0.1) is 5.82 Å². The number of pyridine rings is 1. The number of carbonyl (C=O) groups excluding carboxylic acids is 1. The standard InChI is InChI=1S/C18H13FN4OS/c19-13-3-1-12(2-4-13)16-10-23-15(11-25-18(23)22-16)9-17(24)21-14-5-7-20-8-6-14/h1-8,10-11H,9H2,(H,20,21,24). The van der Waals surface area contributed by atoms with Gasteiger partial charge in [0.2, 0.25) is 5.91 Å². The number of imidazole rings is 1. The van der Waals surface area contributed by atoms with Gasteiger partial charge in [-0.3, -0.25) is 14.2 Å². The first kappa shape index (κ1) is 15.5. The molecule has 124 valence electrons. The highest BCUT2D eigenvalue weighted by atomic mass is 32.1. The number of thiazole rings is 1. The van der Waals surface area contributed by atoms with Crippen molar-refractivity contribution in [3.05, 3.63) is 71.9 Å². The van der Waals surface area contributed by atoms with Crippen molar-refractivity contribution in [2.75, 3.05) is 5.32 Å². The molecule has 0 fully saturated rings. The van der Waals surface area contributed by atoms with E-state index in [1.54, 1.807) is 36.7 Å². The Kier molecular flexibility index (Phi) is 3.99. The molecule has 5 nitrogen and oxygen atoms in total. The molecule has 0 bridgehead atoms. The molecule has 0 aliphatic heterocycles. The molecule has 3 aromatic heterocycles. The summed E-state index contributed by atoms with van der Waals surface area (Å²) in [6.07, 6.45) is 5.36. The van der Waals surface area contributed by atoms with Crippen molar-refractivity contribution in [1.82, 2.24) is 14.4 Å². The molecule has 7 heteroatoms. The summed E-state index contributed by atoms with van der Waals surface area (Å²) in [6, 6.07) is 9.68. The van der Waals surface area contributed by atoms with Gasteiger partial charge in [0.25, 0.3) is 0 Å². The summed E-state index contributed by atoms with van der Waals surface area (Å²) in [6.45, 7) is 0. The highest BCUT2D eigenvalue weighted by Gasteiger charge is 2.13. The number of rotatable bonds is 4. The summed E-state index contributed by atoms with van der Waals surface area (Å²) in [4.78, 5) is 21.5. The minimum Gasteiger partial charge on any atom is -0.326 e. The Labute approximate surface area is 146 Å². The van der Waals surface area contributed by atoms with Gasteiger partial charge in [-0.05, 0) is 36.4 Å². The molecule has 0 aliphatic carbocycles. The largest absolute Gasteiger partial charge is 0.326 e. The van der Waals surface area contributed by atoms with E-state index < -0.39 is 0 Å². The number of hydrogen-bond donors (Lipinski definition) is 1. The number of aromatic nitrogens is 3. The average molecular weight is 352 g/mol. The molecule has 1 aromatic carbocycles. The Morgan fingerprint density at radius 2 is 1.92 bits per heavy atom. The number of nitrogens with zero attached hydrogens (tertiary/aromatic N) is 3. The zero-order chi connectivity index (χ0) is 17.2. The van der Waals surface area contributed by atoms with Crippen molar-refractivity contribution >= 4 is 27.9 Å². The van der Waals surface area contributed by atoms with Gasteiger partial charge in [0.15, 0.2) is 4.96 Å². The smallest absolute Gasteiger partial charge is 0.230 e. The zero-order valence-corrected chi connectivity index (χ0v) is 13.8. The first-order valence-corrected chi connectivity index (χ1v) is 8.48. The molecule has 4 rings (SSSR count). The lowest BCUT2D eigenvalue weighted by Crippen LogP contribution is -2.15. The van der Waals surface area contributed by atoms with E-state index in [0.717, 1.165) is 21.9 Å². The summed E-state index contributed by atoms with van der Waals surface area (Å²) in [5.74, 6) is -0.388. The lowest BCUT2D eigenvalue weighted by atomic mass is 10.2. The first-order valence-electron chi connectivity index (χ1n) is 7.60. The molecule has 1 N–H and O–H groups in total. The van der Waals surface area contributed by atoms with Gasteiger partial charge in [-0.25, -0.2) is 9.37 Å². The number of hydrogen-bond acceptors (Lipinski definition) is 4. The van der Waals surface area contributed by atoms with E-state index in [0.29, 0.717) is 5.69 Å². The third-order valence-electron chi connectivity index (χ3n) is 3.73. The third kappa shape index (κ3) is 3.27. The zero-order valence-electron chi connectivity index (χ0n) is 13.0. The van der Waals surface area contributed by atoms with Crippen molar-refractivity contribution in [3.63, 3.8) is 0 Å². The number of benzene rings is 1.